The second kappa shape index (κ2) is 5.68. The third-order valence-corrected chi connectivity index (χ3v) is 3.93. The number of aryl methyl sites for hydroxylation is 1. The highest BCUT2D eigenvalue weighted by molar-refractivity contribution is 9.09. The molecule has 2 rings (SSSR count). The highest BCUT2D eigenvalue weighted by atomic mass is 79.9. The first-order valence-electron chi connectivity index (χ1n) is 5.58. The zero-order chi connectivity index (χ0) is 13.1. The molecule has 0 fully saturated rings. The van der Waals surface area contributed by atoms with Gasteiger partial charge in [-0.1, -0.05) is 57.4 Å². The second-order valence-electron chi connectivity index (χ2n) is 4.14. The van der Waals surface area contributed by atoms with Crippen LogP contribution in [-0.2, 0) is 0 Å². The molecule has 0 aromatic heterocycles. The number of ketones is 1. The van der Waals surface area contributed by atoms with E-state index in [9.17, 15) is 4.79 Å². The number of Topliss-reactive ketones (excluding diaryl/α,β-unsaturated/α-hetero) is 1. The molecule has 3 heteroatoms. The Balaban J connectivity index is 2.23. The first-order valence-corrected chi connectivity index (χ1v) is 6.88. The summed E-state index contributed by atoms with van der Waals surface area (Å²) < 4.78 is 0. The maximum atomic E-state index is 12.3. The predicted molar refractivity (Wildman–Crippen MR) is 78.6 cm³/mol. The van der Waals surface area contributed by atoms with Crippen LogP contribution in [0.1, 0.15) is 26.3 Å². The Labute approximate surface area is 120 Å². The van der Waals surface area contributed by atoms with E-state index >= 15 is 0 Å². The van der Waals surface area contributed by atoms with Gasteiger partial charge in [0.25, 0.3) is 0 Å². The van der Waals surface area contributed by atoms with E-state index in [2.05, 4.69) is 15.9 Å². The largest absolute Gasteiger partial charge is 0.293 e. The maximum absolute atomic E-state index is 12.3. The van der Waals surface area contributed by atoms with E-state index in [1.807, 2.05) is 31.2 Å². The first-order chi connectivity index (χ1) is 8.58. The van der Waals surface area contributed by atoms with Crippen molar-refractivity contribution in [3.05, 3.63) is 70.2 Å². The van der Waals surface area contributed by atoms with Gasteiger partial charge in [-0.05, 0) is 36.8 Å². The van der Waals surface area contributed by atoms with Crippen LogP contribution < -0.4 is 0 Å². The predicted octanol–water partition coefficient (Wildman–Crippen LogP) is 4.97. The summed E-state index contributed by atoms with van der Waals surface area (Å²) >= 11 is 9.26. The highest BCUT2D eigenvalue weighted by Gasteiger charge is 2.18. The van der Waals surface area contributed by atoms with E-state index in [-0.39, 0.29) is 10.6 Å². The molecule has 0 radical (unpaired) electrons. The summed E-state index contributed by atoms with van der Waals surface area (Å²) in [6.07, 6.45) is 0. The minimum Gasteiger partial charge on any atom is -0.293 e. The summed E-state index contributed by atoms with van der Waals surface area (Å²) in [7, 11) is 0. The van der Waals surface area contributed by atoms with Gasteiger partial charge in [0.05, 0.1) is 0 Å². The van der Waals surface area contributed by atoms with Gasteiger partial charge in [0.2, 0.25) is 0 Å². The summed E-state index contributed by atoms with van der Waals surface area (Å²) in [5.74, 6) is 0.0375. The van der Waals surface area contributed by atoms with E-state index in [1.165, 1.54) is 5.56 Å². The van der Waals surface area contributed by atoms with Crippen LogP contribution >= 0.6 is 27.5 Å². The second-order valence-corrected chi connectivity index (χ2v) is 5.50. The van der Waals surface area contributed by atoms with Crippen molar-refractivity contribution >= 4 is 33.3 Å². The molecule has 0 saturated heterocycles. The zero-order valence-electron chi connectivity index (χ0n) is 9.86. The number of halogens is 2. The normalized spacial score (nSPS) is 12.2. The van der Waals surface area contributed by atoms with Crippen LogP contribution in [0.4, 0.5) is 0 Å². The van der Waals surface area contributed by atoms with Crippen molar-refractivity contribution < 1.29 is 4.79 Å². The third-order valence-electron chi connectivity index (χ3n) is 2.73. The molecule has 0 heterocycles. The molecule has 0 saturated carbocycles. The van der Waals surface area contributed by atoms with Crippen molar-refractivity contribution in [1.82, 2.24) is 0 Å². The van der Waals surface area contributed by atoms with Gasteiger partial charge < -0.3 is 0 Å². The quantitative estimate of drug-likeness (QED) is 0.576. The van der Waals surface area contributed by atoms with Crippen molar-refractivity contribution in [2.75, 3.05) is 0 Å². The lowest BCUT2D eigenvalue weighted by molar-refractivity contribution is 0.0991. The highest BCUT2D eigenvalue weighted by Crippen LogP contribution is 2.27. The molecule has 0 bridgehead atoms. The summed E-state index contributed by atoms with van der Waals surface area (Å²) in [6.45, 7) is 2.02. The van der Waals surface area contributed by atoms with Gasteiger partial charge in [0.1, 0.15) is 4.83 Å². The Morgan fingerprint density at radius 1 is 1.06 bits per heavy atom. The van der Waals surface area contributed by atoms with Gasteiger partial charge in [0.15, 0.2) is 5.78 Å². The number of alkyl halides is 1. The molecule has 0 aliphatic heterocycles. The number of hydrogen-bond donors (Lipinski definition) is 0. The number of carbonyl (C=O) groups excluding carboxylic acids is 1. The molecule has 1 nitrogen and oxygen atoms in total. The summed E-state index contributed by atoms with van der Waals surface area (Å²) in [5, 5.41) is 0.632. The van der Waals surface area contributed by atoms with Crippen LogP contribution in [0, 0.1) is 6.92 Å². The van der Waals surface area contributed by atoms with Gasteiger partial charge in [-0.15, -0.1) is 0 Å². The van der Waals surface area contributed by atoms with Gasteiger partial charge >= 0.3 is 0 Å². The molecule has 0 unspecified atom stereocenters. The van der Waals surface area contributed by atoms with Crippen LogP contribution in [0.15, 0.2) is 48.5 Å². The van der Waals surface area contributed by atoms with Gasteiger partial charge in [0, 0.05) is 10.6 Å². The number of rotatable bonds is 3. The van der Waals surface area contributed by atoms with Crippen molar-refractivity contribution in [2.45, 2.75) is 11.8 Å². The molecule has 1 atom stereocenters. The fourth-order valence-electron chi connectivity index (χ4n) is 1.65. The van der Waals surface area contributed by atoms with Crippen LogP contribution in [0.25, 0.3) is 0 Å². The molecule has 0 aliphatic carbocycles. The molecule has 0 amide bonds. The molecule has 2 aromatic carbocycles. The summed E-state index contributed by atoms with van der Waals surface area (Å²) in [5.41, 5.74) is 2.79. The fourth-order valence-corrected chi connectivity index (χ4v) is 2.34. The average Bonchev–Trinajstić information content (AvgIpc) is 2.39. The summed E-state index contributed by atoms with van der Waals surface area (Å²) in [4.78, 5) is 11.9. The molecule has 0 N–H and O–H groups in total. The van der Waals surface area contributed by atoms with Crippen molar-refractivity contribution in [3.63, 3.8) is 0 Å². The number of hydrogen-bond acceptors (Lipinski definition) is 1. The van der Waals surface area contributed by atoms with E-state index in [4.69, 9.17) is 11.6 Å². The Hall–Kier alpha value is -1.12. The molecule has 0 aliphatic rings. The Bertz CT molecular complexity index is 546. The minimum absolute atomic E-state index is 0.0375. The number of benzene rings is 2. The lowest BCUT2D eigenvalue weighted by Crippen LogP contribution is -2.06. The minimum atomic E-state index is -0.320. The van der Waals surface area contributed by atoms with E-state index in [1.54, 1.807) is 24.3 Å². The smallest absolute Gasteiger partial charge is 0.180 e. The van der Waals surface area contributed by atoms with Crippen LogP contribution in [0.3, 0.4) is 0 Å². The van der Waals surface area contributed by atoms with Crippen LogP contribution in [-0.4, -0.2) is 5.78 Å². The van der Waals surface area contributed by atoms with Crippen molar-refractivity contribution in [3.8, 4) is 0 Å². The monoisotopic (exact) mass is 322 g/mol. The third kappa shape index (κ3) is 3.01. The topological polar surface area (TPSA) is 17.1 Å². The molecular weight excluding hydrogens is 312 g/mol. The molecular formula is C15H12BrClO. The fraction of sp³-hybridized carbons (Fsp3) is 0.133. The van der Waals surface area contributed by atoms with E-state index in [0.29, 0.717) is 10.6 Å². The van der Waals surface area contributed by atoms with E-state index < -0.39 is 0 Å². The Morgan fingerprint density at radius 3 is 2.17 bits per heavy atom. The average molecular weight is 324 g/mol. The maximum Gasteiger partial charge on any atom is 0.180 e. The zero-order valence-corrected chi connectivity index (χ0v) is 12.2. The van der Waals surface area contributed by atoms with Gasteiger partial charge in [-0.2, -0.15) is 0 Å². The SMILES string of the molecule is Cc1ccc([C@@H](Br)C(=O)c2ccc(Cl)cc2)cc1. The van der Waals surface area contributed by atoms with Gasteiger partial charge in [-0.3, -0.25) is 4.79 Å². The Kier molecular flexibility index (Phi) is 4.20. The first kappa shape index (κ1) is 13.3. The van der Waals surface area contributed by atoms with Gasteiger partial charge in [-0.25, -0.2) is 0 Å². The lowest BCUT2D eigenvalue weighted by Gasteiger charge is -2.09. The standard InChI is InChI=1S/C15H12BrClO/c1-10-2-4-11(5-3-10)14(16)15(18)12-6-8-13(17)9-7-12/h2-9,14H,1H3/t14-/m1/s1. The molecule has 92 valence electrons. The molecule has 2 aromatic rings. The van der Waals surface area contributed by atoms with Crippen LogP contribution in [0.2, 0.25) is 5.02 Å². The van der Waals surface area contributed by atoms with E-state index in [0.717, 1.165) is 5.56 Å². The number of carbonyl (C=O) groups is 1. The van der Waals surface area contributed by atoms with Crippen molar-refractivity contribution in [2.24, 2.45) is 0 Å². The molecule has 18 heavy (non-hydrogen) atoms. The van der Waals surface area contributed by atoms with Crippen LogP contribution in [0.5, 0.6) is 0 Å². The Morgan fingerprint density at radius 2 is 1.61 bits per heavy atom. The molecule has 0 spiro atoms. The summed E-state index contributed by atoms with van der Waals surface area (Å²) in [6, 6.07) is 14.9. The van der Waals surface area contributed by atoms with Crippen molar-refractivity contribution in [1.29, 1.82) is 0 Å². The lowest BCUT2D eigenvalue weighted by atomic mass is 10.0.